The van der Waals surface area contributed by atoms with Crippen LogP contribution in [0.25, 0.3) is 0 Å². The number of benzene rings is 2. The molecule has 21 heavy (non-hydrogen) atoms. The van der Waals surface area contributed by atoms with Crippen LogP contribution in [0.5, 0.6) is 5.75 Å². The zero-order valence-corrected chi connectivity index (χ0v) is 11.6. The highest BCUT2D eigenvalue weighted by Crippen LogP contribution is 2.24. The molecule has 2 aromatic carbocycles. The van der Waals surface area contributed by atoms with Crippen molar-refractivity contribution in [2.45, 2.75) is 20.1 Å². The SMILES string of the molecule is CCNCc1cc(F)c(OCc2ccc(F)cc2)c(F)c1. The van der Waals surface area contributed by atoms with Crippen LogP contribution in [0.3, 0.4) is 0 Å². The van der Waals surface area contributed by atoms with E-state index in [1.807, 2.05) is 6.92 Å². The number of hydrogen-bond donors (Lipinski definition) is 1. The van der Waals surface area contributed by atoms with Gasteiger partial charge in [-0.05, 0) is 41.9 Å². The normalized spacial score (nSPS) is 10.7. The summed E-state index contributed by atoms with van der Waals surface area (Å²) >= 11 is 0. The van der Waals surface area contributed by atoms with Crippen molar-refractivity contribution in [1.82, 2.24) is 5.32 Å². The van der Waals surface area contributed by atoms with Crippen LogP contribution in [0.1, 0.15) is 18.1 Å². The molecule has 0 spiro atoms. The van der Waals surface area contributed by atoms with Gasteiger partial charge in [-0.1, -0.05) is 19.1 Å². The van der Waals surface area contributed by atoms with Crippen molar-refractivity contribution in [2.75, 3.05) is 6.54 Å². The lowest BCUT2D eigenvalue weighted by Crippen LogP contribution is -2.12. The van der Waals surface area contributed by atoms with E-state index in [0.717, 1.165) is 0 Å². The maximum atomic E-state index is 13.9. The molecule has 5 heteroatoms. The Kier molecular flexibility index (Phi) is 5.22. The van der Waals surface area contributed by atoms with Gasteiger partial charge in [-0.2, -0.15) is 0 Å². The van der Waals surface area contributed by atoms with Crippen LogP contribution in [0, 0.1) is 17.5 Å². The maximum Gasteiger partial charge on any atom is 0.191 e. The van der Waals surface area contributed by atoms with Gasteiger partial charge in [0.1, 0.15) is 12.4 Å². The van der Waals surface area contributed by atoms with Crippen molar-refractivity contribution < 1.29 is 17.9 Å². The Hall–Kier alpha value is -2.01. The molecule has 2 nitrogen and oxygen atoms in total. The maximum absolute atomic E-state index is 13.9. The topological polar surface area (TPSA) is 21.3 Å². The smallest absolute Gasteiger partial charge is 0.191 e. The molecule has 0 fully saturated rings. The Labute approximate surface area is 121 Å². The lowest BCUT2D eigenvalue weighted by molar-refractivity contribution is 0.273. The van der Waals surface area contributed by atoms with Gasteiger partial charge in [0.15, 0.2) is 17.4 Å². The molecule has 0 saturated heterocycles. The molecular formula is C16H16F3NO. The minimum absolute atomic E-state index is 0.0271. The Bertz CT molecular complexity index is 576. The highest BCUT2D eigenvalue weighted by molar-refractivity contribution is 5.31. The Balaban J connectivity index is 2.07. The lowest BCUT2D eigenvalue weighted by Gasteiger charge is -2.10. The fourth-order valence-electron chi connectivity index (χ4n) is 1.86. The standard InChI is InChI=1S/C16H16F3NO/c1-2-20-9-12-7-14(18)16(15(19)8-12)21-10-11-3-5-13(17)6-4-11/h3-8,20H,2,9-10H2,1H3. The highest BCUT2D eigenvalue weighted by Gasteiger charge is 2.12. The summed E-state index contributed by atoms with van der Waals surface area (Å²) in [6.07, 6.45) is 0. The minimum atomic E-state index is -0.745. The summed E-state index contributed by atoms with van der Waals surface area (Å²) in [7, 11) is 0. The third-order valence-corrected chi connectivity index (χ3v) is 2.93. The zero-order chi connectivity index (χ0) is 15.2. The first kappa shape index (κ1) is 15.4. The summed E-state index contributed by atoms with van der Waals surface area (Å²) in [6, 6.07) is 8.03. The largest absolute Gasteiger partial charge is 0.483 e. The molecule has 1 N–H and O–H groups in total. The predicted molar refractivity (Wildman–Crippen MR) is 74.5 cm³/mol. The molecule has 0 aliphatic heterocycles. The van der Waals surface area contributed by atoms with Gasteiger partial charge < -0.3 is 10.1 Å². The van der Waals surface area contributed by atoms with Gasteiger partial charge in [-0.25, -0.2) is 13.2 Å². The molecule has 2 rings (SSSR count). The fourth-order valence-corrected chi connectivity index (χ4v) is 1.86. The molecule has 0 heterocycles. The molecule has 0 radical (unpaired) electrons. The zero-order valence-electron chi connectivity index (χ0n) is 11.6. The van der Waals surface area contributed by atoms with Crippen molar-refractivity contribution in [1.29, 1.82) is 0 Å². The minimum Gasteiger partial charge on any atom is -0.483 e. The summed E-state index contributed by atoms with van der Waals surface area (Å²) in [5, 5.41) is 2.99. The van der Waals surface area contributed by atoms with Gasteiger partial charge >= 0.3 is 0 Å². The van der Waals surface area contributed by atoms with E-state index in [1.165, 1.54) is 36.4 Å². The number of hydrogen-bond acceptors (Lipinski definition) is 2. The number of ether oxygens (including phenoxy) is 1. The van der Waals surface area contributed by atoms with Crippen molar-refractivity contribution in [3.8, 4) is 5.75 Å². The Morgan fingerprint density at radius 1 is 0.952 bits per heavy atom. The average Bonchev–Trinajstić information content (AvgIpc) is 2.46. The first-order valence-corrected chi connectivity index (χ1v) is 6.66. The molecule has 0 atom stereocenters. The summed E-state index contributed by atoms with van der Waals surface area (Å²) in [6.45, 7) is 2.99. The van der Waals surface area contributed by atoms with E-state index in [1.54, 1.807) is 0 Å². The van der Waals surface area contributed by atoms with E-state index in [-0.39, 0.29) is 12.4 Å². The van der Waals surface area contributed by atoms with Crippen molar-refractivity contribution >= 4 is 0 Å². The van der Waals surface area contributed by atoms with E-state index in [9.17, 15) is 13.2 Å². The second-order valence-corrected chi connectivity index (χ2v) is 4.58. The molecule has 0 aromatic heterocycles. The molecular weight excluding hydrogens is 279 g/mol. The van der Waals surface area contributed by atoms with Gasteiger partial charge in [0, 0.05) is 6.54 Å². The van der Waals surface area contributed by atoms with Gasteiger partial charge in [0.05, 0.1) is 0 Å². The summed E-state index contributed by atoms with van der Waals surface area (Å²) in [5.41, 5.74) is 1.15. The van der Waals surface area contributed by atoms with E-state index in [4.69, 9.17) is 4.74 Å². The molecule has 0 saturated carbocycles. The van der Waals surface area contributed by atoms with Crippen molar-refractivity contribution in [3.05, 3.63) is 65.0 Å². The van der Waals surface area contributed by atoms with Crippen molar-refractivity contribution in [3.63, 3.8) is 0 Å². The summed E-state index contributed by atoms with van der Waals surface area (Å²) in [5.74, 6) is -2.28. The lowest BCUT2D eigenvalue weighted by atomic mass is 10.2. The first-order valence-electron chi connectivity index (χ1n) is 6.66. The van der Waals surface area contributed by atoms with Crippen LogP contribution in [0.15, 0.2) is 36.4 Å². The second kappa shape index (κ2) is 7.13. The van der Waals surface area contributed by atoms with Crippen LogP contribution in [0.4, 0.5) is 13.2 Å². The number of halogens is 3. The molecule has 0 aliphatic rings. The van der Waals surface area contributed by atoms with Crippen LogP contribution < -0.4 is 10.1 Å². The van der Waals surface area contributed by atoms with Crippen LogP contribution >= 0.6 is 0 Å². The van der Waals surface area contributed by atoms with Crippen LogP contribution in [0.2, 0.25) is 0 Å². The van der Waals surface area contributed by atoms with Crippen LogP contribution in [-0.4, -0.2) is 6.54 Å². The Morgan fingerprint density at radius 2 is 1.57 bits per heavy atom. The van der Waals surface area contributed by atoms with Crippen molar-refractivity contribution in [2.24, 2.45) is 0 Å². The van der Waals surface area contributed by atoms with Crippen LogP contribution in [-0.2, 0) is 13.2 Å². The van der Waals surface area contributed by atoms with Gasteiger partial charge in [0.2, 0.25) is 0 Å². The molecule has 0 amide bonds. The van der Waals surface area contributed by atoms with Gasteiger partial charge in [-0.15, -0.1) is 0 Å². The third kappa shape index (κ3) is 4.23. The van der Waals surface area contributed by atoms with E-state index in [2.05, 4.69) is 5.32 Å². The van der Waals surface area contributed by atoms with E-state index in [0.29, 0.717) is 24.2 Å². The molecule has 0 unspecified atom stereocenters. The van der Waals surface area contributed by atoms with E-state index >= 15 is 0 Å². The van der Waals surface area contributed by atoms with Gasteiger partial charge in [-0.3, -0.25) is 0 Å². The van der Waals surface area contributed by atoms with Gasteiger partial charge in [0.25, 0.3) is 0 Å². The fraction of sp³-hybridized carbons (Fsp3) is 0.250. The molecule has 112 valence electrons. The first-order chi connectivity index (χ1) is 10.1. The highest BCUT2D eigenvalue weighted by atomic mass is 19.1. The molecule has 0 bridgehead atoms. The number of rotatable bonds is 6. The Morgan fingerprint density at radius 3 is 2.14 bits per heavy atom. The summed E-state index contributed by atoms with van der Waals surface area (Å²) < 4.78 is 45.6. The second-order valence-electron chi connectivity index (χ2n) is 4.58. The molecule has 2 aromatic rings. The molecule has 0 aliphatic carbocycles. The monoisotopic (exact) mass is 295 g/mol. The van der Waals surface area contributed by atoms with E-state index < -0.39 is 17.4 Å². The quantitative estimate of drug-likeness (QED) is 0.875. The third-order valence-electron chi connectivity index (χ3n) is 2.93. The average molecular weight is 295 g/mol. The predicted octanol–water partition coefficient (Wildman–Crippen LogP) is 3.79. The summed E-state index contributed by atoms with van der Waals surface area (Å²) in [4.78, 5) is 0. The number of nitrogens with one attached hydrogen (secondary N) is 1.